The van der Waals surface area contributed by atoms with Crippen molar-refractivity contribution in [1.29, 1.82) is 0 Å². The fraction of sp³-hybridized carbons (Fsp3) is 0.312. The second-order valence-corrected chi connectivity index (χ2v) is 7.43. The molecule has 3 aromatic heterocycles. The van der Waals surface area contributed by atoms with Gasteiger partial charge in [-0.3, -0.25) is 4.79 Å². The van der Waals surface area contributed by atoms with Crippen LogP contribution < -0.4 is 0 Å². The highest BCUT2D eigenvalue weighted by Crippen LogP contribution is 2.30. The van der Waals surface area contributed by atoms with Gasteiger partial charge in [0.05, 0.1) is 9.21 Å². The number of hydrogen-bond acceptors (Lipinski definition) is 4. The number of halogens is 1. The normalized spacial score (nSPS) is 18.0. The Hall–Kier alpha value is -1.92. The van der Waals surface area contributed by atoms with Gasteiger partial charge in [-0.2, -0.15) is 0 Å². The van der Waals surface area contributed by atoms with Gasteiger partial charge in [0.1, 0.15) is 11.3 Å². The summed E-state index contributed by atoms with van der Waals surface area (Å²) < 4.78 is 2.68. The average Bonchev–Trinajstić information content (AvgIpc) is 3.26. The van der Waals surface area contributed by atoms with Crippen LogP contribution in [0.1, 0.15) is 27.8 Å². The lowest BCUT2D eigenvalue weighted by Crippen LogP contribution is -2.28. The number of imidazole rings is 1. The van der Waals surface area contributed by atoms with E-state index in [1.165, 1.54) is 11.3 Å². The number of carbonyl (C=O) groups is 1. The van der Waals surface area contributed by atoms with E-state index in [1.807, 2.05) is 28.6 Å². The number of amides is 1. The van der Waals surface area contributed by atoms with Crippen LogP contribution in [0, 0.1) is 0 Å². The van der Waals surface area contributed by atoms with Gasteiger partial charge in [-0.1, -0.05) is 11.6 Å². The van der Waals surface area contributed by atoms with Crippen LogP contribution in [-0.4, -0.2) is 38.4 Å². The Bertz CT molecular complexity index is 887. The first-order valence-electron chi connectivity index (χ1n) is 7.45. The molecule has 0 aliphatic carbocycles. The number of pyridine rings is 1. The molecule has 4 heterocycles. The molecular formula is C16H15ClN4OS. The standard InChI is InChI=1S/C16H15ClN4OS/c1-20-14(19-11-3-2-7-18-15(11)20)10-6-8-21(9-10)16(22)12-4-5-13(17)23-12/h2-5,7,10H,6,8-9H2,1H3/t10-/m1/s1. The molecule has 4 rings (SSSR count). The molecule has 1 aliphatic rings. The van der Waals surface area contributed by atoms with Crippen molar-refractivity contribution in [1.82, 2.24) is 19.4 Å². The number of rotatable bonds is 2. The lowest BCUT2D eigenvalue weighted by atomic mass is 10.1. The van der Waals surface area contributed by atoms with E-state index < -0.39 is 0 Å². The third kappa shape index (κ3) is 2.52. The van der Waals surface area contributed by atoms with E-state index in [1.54, 1.807) is 18.3 Å². The van der Waals surface area contributed by atoms with Gasteiger partial charge in [0, 0.05) is 32.3 Å². The number of hydrogen-bond donors (Lipinski definition) is 0. The van der Waals surface area contributed by atoms with E-state index in [0.717, 1.165) is 30.0 Å². The molecule has 1 atom stereocenters. The van der Waals surface area contributed by atoms with Crippen LogP contribution in [0.3, 0.4) is 0 Å². The maximum atomic E-state index is 12.5. The molecule has 0 N–H and O–H groups in total. The Morgan fingerprint density at radius 2 is 2.26 bits per heavy atom. The molecular weight excluding hydrogens is 332 g/mol. The highest BCUT2D eigenvalue weighted by molar-refractivity contribution is 7.17. The summed E-state index contributed by atoms with van der Waals surface area (Å²) in [5.74, 6) is 1.30. The fourth-order valence-electron chi connectivity index (χ4n) is 3.15. The van der Waals surface area contributed by atoms with Gasteiger partial charge in [0.2, 0.25) is 0 Å². The Morgan fingerprint density at radius 1 is 1.39 bits per heavy atom. The third-order valence-electron chi connectivity index (χ3n) is 4.29. The maximum Gasteiger partial charge on any atom is 0.263 e. The van der Waals surface area contributed by atoms with Crippen LogP contribution >= 0.6 is 22.9 Å². The van der Waals surface area contributed by atoms with Crippen LogP contribution in [0.5, 0.6) is 0 Å². The second-order valence-electron chi connectivity index (χ2n) is 5.72. The molecule has 23 heavy (non-hydrogen) atoms. The molecule has 3 aromatic rings. The first-order chi connectivity index (χ1) is 11.1. The number of aromatic nitrogens is 3. The summed E-state index contributed by atoms with van der Waals surface area (Å²) in [5.41, 5.74) is 1.79. The highest BCUT2D eigenvalue weighted by Gasteiger charge is 2.31. The van der Waals surface area contributed by atoms with Crippen LogP contribution in [0.4, 0.5) is 0 Å². The van der Waals surface area contributed by atoms with E-state index >= 15 is 0 Å². The van der Waals surface area contributed by atoms with E-state index in [4.69, 9.17) is 16.6 Å². The monoisotopic (exact) mass is 346 g/mol. The minimum Gasteiger partial charge on any atom is -0.337 e. The Labute approximate surface area is 142 Å². The quantitative estimate of drug-likeness (QED) is 0.715. The predicted octanol–water partition coefficient (Wildman–Crippen LogP) is 3.31. The zero-order chi connectivity index (χ0) is 16.0. The molecule has 1 amide bonds. The first kappa shape index (κ1) is 14.7. The zero-order valence-corrected chi connectivity index (χ0v) is 14.1. The van der Waals surface area contributed by atoms with E-state index in [0.29, 0.717) is 15.8 Å². The average molecular weight is 347 g/mol. The zero-order valence-electron chi connectivity index (χ0n) is 12.6. The smallest absolute Gasteiger partial charge is 0.263 e. The fourth-order valence-corrected chi connectivity index (χ4v) is 4.16. The van der Waals surface area contributed by atoms with Crippen molar-refractivity contribution in [3.8, 4) is 0 Å². The first-order valence-corrected chi connectivity index (χ1v) is 8.65. The Balaban J connectivity index is 1.58. The van der Waals surface area contributed by atoms with Crippen molar-refractivity contribution in [2.45, 2.75) is 12.3 Å². The second kappa shape index (κ2) is 5.62. The number of fused-ring (bicyclic) bond motifs is 1. The lowest BCUT2D eigenvalue weighted by Gasteiger charge is -2.15. The molecule has 0 spiro atoms. The van der Waals surface area contributed by atoms with E-state index in [-0.39, 0.29) is 11.8 Å². The number of nitrogens with zero attached hydrogens (tertiary/aromatic N) is 4. The van der Waals surface area contributed by atoms with Crippen LogP contribution in [0.15, 0.2) is 30.5 Å². The van der Waals surface area contributed by atoms with Crippen molar-refractivity contribution < 1.29 is 4.79 Å². The molecule has 0 radical (unpaired) electrons. The van der Waals surface area contributed by atoms with Gasteiger partial charge >= 0.3 is 0 Å². The summed E-state index contributed by atoms with van der Waals surface area (Å²) in [5, 5.41) is 0. The van der Waals surface area contributed by atoms with Gasteiger partial charge in [0.25, 0.3) is 5.91 Å². The van der Waals surface area contributed by atoms with Crippen LogP contribution in [0.2, 0.25) is 4.34 Å². The lowest BCUT2D eigenvalue weighted by molar-refractivity contribution is 0.0795. The topological polar surface area (TPSA) is 51.0 Å². The molecule has 5 nitrogen and oxygen atoms in total. The molecule has 1 aliphatic heterocycles. The van der Waals surface area contributed by atoms with Gasteiger partial charge in [-0.05, 0) is 30.7 Å². The van der Waals surface area contributed by atoms with Crippen molar-refractivity contribution in [3.63, 3.8) is 0 Å². The molecule has 1 fully saturated rings. The summed E-state index contributed by atoms with van der Waals surface area (Å²) in [4.78, 5) is 24.2. The van der Waals surface area contributed by atoms with E-state index in [2.05, 4.69) is 4.98 Å². The summed E-state index contributed by atoms with van der Waals surface area (Å²) in [6.45, 7) is 1.43. The minimum atomic E-state index is 0.0567. The predicted molar refractivity (Wildman–Crippen MR) is 91.1 cm³/mol. The Kier molecular flexibility index (Phi) is 3.58. The summed E-state index contributed by atoms with van der Waals surface area (Å²) in [6, 6.07) is 7.42. The van der Waals surface area contributed by atoms with Gasteiger partial charge in [0.15, 0.2) is 5.65 Å². The summed E-state index contributed by atoms with van der Waals surface area (Å²) in [6.07, 6.45) is 2.70. The third-order valence-corrected chi connectivity index (χ3v) is 5.51. The molecule has 0 saturated carbocycles. The van der Waals surface area contributed by atoms with Crippen molar-refractivity contribution in [2.24, 2.45) is 7.05 Å². The van der Waals surface area contributed by atoms with Crippen LogP contribution in [0.25, 0.3) is 11.2 Å². The summed E-state index contributed by atoms with van der Waals surface area (Å²) >= 11 is 7.26. The van der Waals surface area contributed by atoms with Gasteiger partial charge < -0.3 is 9.47 Å². The molecule has 0 bridgehead atoms. The molecule has 1 saturated heterocycles. The summed E-state index contributed by atoms with van der Waals surface area (Å²) in [7, 11) is 1.99. The van der Waals surface area contributed by atoms with Crippen LogP contribution in [-0.2, 0) is 7.05 Å². The van der Waals surface area contributed by atoms with Crippen molar-refractivity contribution >= 4 is 40.0 Å². The van der Waals surface area contributed by atoms with Crippen molar-refractivity contribution in [2.75, 3.05) is 13.1 Å². The van der Waals surface area contributed by atoms with Gasteiger partial charge in [-0.25, -0.2) is 9.97 Å². The molecule has 0 unspecified atom stereocenters. The number of thiophene rings is 1. The highest BCUT2D eigenvalue weighted by atomic mass is 35.5. The molecule has 7 heteroatoms. The van der Waals surface area contributed by atoms with Crippen molar-refractivity contribution in [3.05, 3.63) is 45.5 Å². The van der Waals surface area contributed by atoms with Gasteiger partial charge in [-0.15, -0.1) is 11.3 Å². The Morgan fingerprint density at radius 3 is 3.00 bits per heavy atom. The maximum absolute atomic E-state index is 12.5. The number of likely N-dealkylation sites (tertiary alicyclic amines) is 1. The molecule has 118 valence electrons. The number of carbonyl (C=O) groups excluding carboxylic acids is 1. The number of aryl methyl sites for hydroxylation is 1. The largest absolute Gasteiger partial charge is 0.337 e. The minimum absolute atomic E-state index is 0.0567. The SMILES string of the molecule is Cn1c([C@@H]2CCN(C(=O)c3ccc(Cl)s3)C2)nc2cccnc21. The molecule has 0 aromatic carbocycles. The van der Waals surface area contributed by atoms with E-state index in [9.17, 15) is 4.79 Å².